The van der Waals surface area contributed by atoms with Crippen molar-refractivity contribution in [1.29, 1.82) is 0 Å². The van der Waals surface area contributed by atoms with Crippen molar-refractivity contribution >= 4 is 16.9 Å². The molecule has 2 aliphatic rings. The summed E-state index contributed by atoms with van der Waals surface area (Å²) in [6.07, 6.45) is -3.83. The van der Waals surface area contributed by atoms with E-state index in [4.69, 9.17) is 32.2 Å². The van der Waals surface area contributed by atoms with Crippen LogP contribution in [0.15, 0.2) is 6.07 Å². The molecule has 0 amide bonds. The summed E-state index contributed by atoms with van der Waals surface area (Å²) in [5.74, 6) is 1.10. The van der Waals surface area contributed by atoms with Gasteiger partial charge in [0.15, 0.2) is 11.5 Å². The number of aliphatic hydroxyl groups excluding tert-OH is 2. The minimum Gasteiger partial charge on any atom is -0.493 e. The van der Waals surface area contributed by atoms with E-state index in [0.29, 0.717) is 35.0 Å². The number of fused-ring (bicyclic) bond motifs is 1. The number of rotatable bonds is 10. The van der Waals surface area contributed by atoms with Crippen molar-refractivity contribution in [2.75, 3.05) is 27.9 Å². The average molecular weight is 657 g/mol. The molecule has 0 unspecified atom stereocenters. The lowest BCUT2D eigenvalue weighted by Crippen LogP contribution is -2.71. The fraction of sp³-hybridized carbons (Fsp3) is 0.818. The Labute approximate surface area is 268 Å². The highest BCUT2D eigenvalue weighted by atomic mass is 28.4. The summed E-state index contributed by atoms with van der Waals surface area (Å²) in [5.41, 5.74) is 1.85. The Bertz CT molecular complexity index is 1090. The molecule has 44 heavy (non-hydrogen) atoms. The van der Waals surface area contributed by atoms with Gasteiger partial charge >= 0.3 is 8.56 Å². The normalized spacial score (nSPS) is 26.2. The first-order valence-electron chi connectivity index (χ1n) is 16.0. The second-order valence-corrected chi connectivity index (χ2v) is 25.5. The minimum atomic E-state index is -2.94. The van der Waals surface area contributed by atoms with Crippen molar-refractivity contribution in [2.24, 2.45) is 0 Å². The molecular weight excluding hydrogens is 597 g/mol. The van der Waals surface area contributed by atoms with Crippen LogP contribution in [0.4, 0.5) is 0 Å². The van der Waals surface area contributed by atoms with Gasteiger partial charge in [-0.25, -0.2) is 0 Å². The maximum Gasteiger partial charge on any atom is 0.349 e. The third-order valence-corrected chi connectivity index (χ3v) is 21.1. The second kappa shape index (κ2) is 13.5. The van der Waals surface area contributed by atoms with Crippen LogP contribution in [-0.4, -0.2) is 79.4 Å². The van der Waals surface area contributed by atoms with Crippen LogP contribution < -0.4 is 14.2 Å². The Morgan fingerprint density at radius 2 is 1.41 bits per heavy atom. The molecule has 3 rings (SSSR count). The SMILES string of the molecule is COc1cc(CO)c([C@@H]2O[C@@H]3CO[Si](C(C)(C)C)(C(C)(C)C)O[C@H]3[C@H](O[Si](C(C)C)(C(C)C)C(C)C)[C@H]2O)c(OC)c1OC. The van der Waals surface area contributed by atoms with Gasteiger partial charge in [-0.15, -0.1) is 0 Å². The van der Waals surface area contributed by atoms with Gasteiger partial charge in [0.05, 0.1) is 34.5 Å². The molecule has 9 nitrogen and oxygen atoms in total. The third-order valence-electron chi connectivity index (χ3n) is 9.84. The van der Waals surface area contributed by atoms with E-state index in [9.17, 15) is 10.2 Å². The molecule has 2 saturated heterocycles. The highest BCUT2D eigenvalue weighted by molar-refractivity contribution is 6.77. The van der Waals surface area contributed by atoms with E-state index in [1.54, 1.807) is 6.07 Å². The molecule has 0 spiro atoms. The molecule has 5 atom stereocenters. The summed E-state index contributed by atoms with van der Waals surface area (Å²) in [5, 5.41) is 22.5. The number of hydrogen-bond donors (Lipinski definition) is 2. The molecule has 11 heteroatoms. The van der Waals surface area contributed by atoms with Crippen LogP contribution in [0.25, 0.3) is 0 Å². The van der Waals surface area contributed by atoms with E-state index in [0.717, 1.165) is 0 Å². The molecule has 0 saturated carbocycles. The number of ether oxygens (including phenoxy) is 4. The molecule has 0 aliphatic carbocycles. The van der Waals surface area contributed by atoms with Crippen molar-refractivity contribution in [2.45, 2.75) is 147 Å². The van der Waals surface area contributed by atoms with Gasteiger partial charge in [-0.3, -0.25) is 0 Å². The van der Waals surface area contributed by atoms with Crippen molar-refractivity contribution < 1.29 is 42.4 Å². The van der Waals surface area contributed by atoms with Gasteiger partial charge in [0, 0.05) is 15.6 Å². The number of benzene rings is 1. The molecule has 2 heterocycles. The van der Waals surface area contributed by atoms with Crippen molar-refractivity contribution in [3.63, 3.8) is 0 Å². The smallest absolute Gasteiger partial charge is 0.349 e. The fourth-order valence-corrected chi connectivity index (χ4v) is 18.8. The number of methoxy groups -OCH3 is 3. The summed E-state index contributed by atoms with van der Waals surface area (Å²) < 4.78 is 45.4. The zero-order valence-corrected chi connectivity index (χ0v) is 31.9. The molecule has 0 aromatic heterocycles. The zero-order valence-electron chi connectivity index (χ0n) is 29.9. The van der Waals surface area contributed by atoms with Crippen LogP contribution in [-0.2, 0) is 24.6 Å². The molecule has 0 radical (unpaired) electrons. The van der Waals surface area contributed by atoms with Crippen LogP contribution >= 0.6 is 0 Å². The lowest BCUT2D eigenvalue weighted by Gasteiger charge is -2.59. The Morgan fingerprint density at radius 3 is 1.82 bits per heavy atom. The first kappa shape index (κ1) is 37.3. The average Bonchev–Trinajstić information content (AvgIpc) is 2.93. The third kappa shape index (κ3) is 6.12. The Balaban J connectivity index is 2.30. The van der Waals surface area contributed by atoms with Gasteiger partial charge in [-0.05, 0) is 28.3 Å². The van der Waals surface area contributed by atoms with E-state index >= 15 is 0 Å². The molecule has 2 N–H and O–H groups in total. The summed E-state index contributed by atoms with van der Waals surface area (Å²) >= 11 is 0. The maximum absolute atomic E-state index is 12.5. The van der Waals surface area contributed by atoms with Crippen molar-refractivity contribution in [3.8, 4) is 17.2 Å². The Kier molecular flexibility index (Phi) is 11.4. The highest BCUT2D eigenvalue weighted by Gasteiger charge is 2.66. The zero-order chi connectivity index (χ0) is 33.6. The van der Waals surface area contributed by atoms with Crippen LogP contribution in [0.2, 0.25) is 26.7 Å². The quantitative estimate of drug-likeness (QED) is 0.257. The van der Waals surface area contributed by atoms with Crippen LogP contribution in [0, 0.1) is 0 Å². The lowest BCUT2D eigenvalue weighted by atomic mass is 9.88. The highest BCUT2D eigenvalue weighted by Crippen LogP contribution is 2.57. The monoisotopic (exact) mass is 656 g/mol. The van der Waals surface area contributed by atoms with Crippen molar-refractivity contribution in [1.82, 2.24) is 0 Å². The molecule has 1 aromatic rings. The van der Waals surface area contributed by atoms with Gasteiger partial charge in [-0.1, -0.05) is 83.1 Å². The first-order valence-corrected chi connectivity index (χ1v) is 20.0. The minimum absolute atomic E-state index is 0.262. The number of hydrogen-bond acceptors (Lipinski definition) is 9. The Morgan fingerprint density at radius 1 is 0.886 bits per heavy atom. The summed E-state index contributed by atoms with van der Waals surface area (Å²) in [7, 11) is -0.876. The standard InChI is InChI=1S/C33H60O9Si2/c1-19(2)43(20(3)4,21(5)6)41-31-26(35)29(25-22(17-34)16-23(36-13)27(37-14)30(25)38-15)40-24-18-39-44(32(7,8)9,33(10,11)12)42-28(24)31/h16,19-21,24,26,28-29,31,34-35H,17-18H2,1-15H3/t24-,26+,28-,29+,31-/m1/s1. The molecule has 2 fully saturated rings. The molecule has 2 aliphatic heterocycles. The topological polar surface area (TPSA) is 105 Å². The van der Waals surface area contributed by atoms with Gasteiger partial charge < -0.3 is 42.4 Å². The van der Waals surface area contributed by atoms with Gasteiger partial charge in [0.25, 0.3) is 0 Å². The summed E-state index contributed by atoms with van der Waals surface area (Å²) in [4.78, 5) is 0. The predicted molar refractivity (Wildman–Crippen MR) is 178 cm³/mol. The van der Waals surface area contributed by atoms with Crippen molar-refractivity contribution in [3.05, 3.63) is 17.2 Å². The van der Waals surface area contributed by atoms with E-state index in [-0.39, 0.29) is 33.3 Å². The second-order valence-electron chi connectivity index (χ2n) is 15.4. The predicted octanol–water partition coefficient (Wildman–Crippen LogP) is 7.02. The lowest BCUT2D eigenvalue weighted by molar-refractivity contribution is -0.243. The van der Waals surface area contributed by atoms with E-state index in [1.807, 2.05) is 0 Å². The van der Waals surface area contributed by atoms with Gasteiger partial charge in [0.2, 0.25) is 14.1 Å². The fourth-order valence-electron chi connectivity index (χ4n) is 8.23. The van der Waals surface area contributed by atoms with E-state index in [1.165, 1.54) is 21.3 Å². The summed E-state index contributed by atoms with van der Waals surface area (Å²) in [6, 6.07) is 1.70. The molecule has 1 aromatic carbocycles. The molecular formula is C33H60O9Si2. The van der Waals surface area contributed by atoms with Crippen LogP contribution in [0.3, 0.4) is 0 Å². The van der Waals surface area contributed by atoms with E-state index < -0.39 is 47.4 Å². The van der Waals surface area contributed by atoms with Gasteiger partial charge in [0.1, 0.15) is 30.5 Å². The molecule has 254 valence electrons. The van der Waals surface area contributed by atoms with Gasteiger partial charge in [-0.2, -0.15) is 0 Å². The van der Waals surface area contributed by atoms with E-state index in [2.05, 4.69) is 83.1 Å². The summed E-state index contributed by atoms with van der Waals surface area (Å²) in [6.45, 7) is 26.5. The van der Waals surface area contributed by atoms with Crippen LogP contribution in [0.5, 0.6) is 17.2 Å². The Hall–Kier alpha value is -1.19. The van der Waals surface area contributed by atoms with Crippen LogP contribution in [0.1, 0.15) is 100 Å². The molecule has 0 bridgehead atoms. The number of aliphatic hydroxyl groups is 2. The first-order chi connectivity index (χ1) is 20.3. The maximum atomic E-state index is 12.5. The largest absolute Gasteiger partial charge is 0.493 e.